The second-order valence-electron chi connectivity index (χ2n) is 6.89. The highest BCUT2D eigenvalue weighted by Crippen LogP contribution is 2.21. The molecule has 1 unspecified atom stereocenters. The first-order chi connectivity index (χ1) is 13.5. The van der Waals surface area contributed by atoms with Crippen LogP contribution in [0.15, 0.2) is 54.6 Å². The average Bonchev–Trinajstić information content (AvgIpc) is 3.16. The molecule has 146 valence electrons. The molecule has 2 aromatic rings. The first-order valence-electron chi connectivity index (χ1n) is 9.44. The predicted molar refractivity (Wildman–Crippen MR) is 106 cm³/mol. The first kappa shape index (κ1) is 19.6. The largest absolute Gasteiger partial charge is 0.452 e. The molecule has 1 aliphatic heterocycles. The van der Waals surface area contributed by atoms with Gasteiger partial charge in [-0.25, -0.2) is 4.79 Å². The Bertz CT molecular complexity index is 833. The van der Waals surface area contributed by atoms with Gasteiger partial charge in [0.1, 0.15) is 0 Å². The van der Waals surface area contributed by atoms with Crippen molar-refractivity contribution in [2.45, 2.75) is 25.7 Å². The minimum atomic E-state index is -0.564. The highest BCUT2D eigenvalue weighted by molar-refractivity contribution is 5.96. The molecule has 0 aromatic heterocycles. The number of nitrogens with one attached hydrogen (secondary N) is 1. The van der Waals surface area contributed by atoms with Crippen LogP contribution in [-0.2, 0) is 14.3 Å². The summed E-state index contributed by atoms with van der Waals surface area (Å²) in [5.41, 5.74) is 2.25. The SMILES string of the molecule is CC(CNC(=O)COC(=O)c1ccc(N2CCCC2=O)cc1)c1ccccc1. The Balaban J connectivity index is 1.44. The van der Waals surface area contributed by atoms with Crippen LogP contribution >= 0.6 is 0 Å². The smallest absolute Gasteiger partial charge is 0.338 e. The van der Waals surface area contributed by atoms with E-state index in [-0.39, 0.29) is 24.3 Å². The molecule has 0 spiro atoms. The monoisotopic (exact) mass is 380 g/mol. The Morgan fingerprint density at radius 3 is 2.46 bits per heavy atom. The lowest BCUT2D eigenvalue weighted by Gasteiger charge is -2.15. The Morgan fingerprint density at radius 2 is 1.82 bits per heavy atom. The molecule has 0 aliphatic carbocycles. The maximum atomic E-state index is 12.1. The molecule has 0 radical (unpaired) electrons. The molecule has 1 heterocycles. The van der Waals surface area contributed by atoms with Crippen molar-refractivity contribution < 1.29 is 19.1 Å². The summed E-state index contributed by atoms with van der Waals surface area (Å²) in [5, 5.41) is 2.78. The fourth-order valence-electron chi connectivity index (χ4n) is 3.13. The van der Waals surface area contributed by atoms with E-state index in [4.69, 9.17) is 4.74 Å². The van der Waals surface area contributed by atoms with Gasteiger partial charge < -0.3 is 15.0 Å². The van der Waals surface area contributed by atoms with Crippen molar-refractivity contribution in [2.75, 3.05) is 24.6 Å². The van der Waals surface area contributed by atoms with Crippen molar-refractivity contribution >= 4 is 23.5 Å². The lowest BCUT2D eigenvalue weighted by atomic mass is 10.0. The lowest BCUT2D eigenvalue weighted by Crippen LogP contribution is -2.31. The molecule has 0 saturated carbocycles. The molecule has 1 aliphatic rings. The van der Waals surface area contributed by atoms with Gasteiger partial charge in [0.2, 0.25) is 5.91 Å². The fraction of sp³-hybridized carbons (Fsp3) is 0.318. The van der Waals surface area contributed by atoms with Crippen molar-refractivity contribution in [2.24, 2.45) is 0 Å². The summed E-state index contributed by atoms with van der Waals surface area (Å²) in [4.78, 5) is 37.5. The molecular weight excluding hydrogens is 356 g/mol. The van der Waals surface area contributed by atoms with E-state index in [9.17, 15) is 14.4 Å². The molecule has 3 rings (SSSR count). The standard InChI is InChI=1S/C22H24N2O4/c1-16(17-6-3-2-4-7-17)14-23-20(25)15-28-22(27)18-9-11-19(12-10-18)24-13-5-8-21(24)26/h2-4,6-7,9-12,16H,5,8,13-15H2,1H3,(H,23,25). The van der Waals surface area contributed by atoms with Gasteiger partial charge in [-0.15, -0.1) is 0 Å². The van der Waals surface area contributed by atoms with Crippen LogP contribution < -0.4 is 10.2 Å². The van der Waals surface area contributed by atoms with Gasteiger partial charge in [0.15, 0.2) is 6.61 Å². The van der Waals surface area contributed by atoms with Gasteiger partial charge in [0.05, 0.1) is 5.56 Å². The predicted octanol–water partition coefficient (Wildman–Crippen LogP) is 2.89. The molecule has 6 nitrogen and oxygen atoms in total. The normalized spacial score (nSPS) is 14.6. The molecule has 2 aromatic carbocycles. The van der Waals surface area contributed by atoms with Gasteiger partial charge in [-0.3, -0.25) is 9.59 Å². The number of esters is 1. The van der Waals surface area contributed by atoms with Gasteiger partial charge in [-0.05, 0) is 42.2 Å². The number of ether oxygens (including phenoxy) is 1. The van der Waals surface area contributed by atoms with Crippen LogP contribution in [0.4, 0.5) is 5.69 Å². The number of hydrogen-bond donors (Lipinski definition) is 1. The quantitative estimate of drug-likeness (QED) is 0.750. The molecule has 1 N–H and O–H groups in total. The molecule has 1 fully saturated rings. The molecule has 28 heavy (non-hydrogen) atoms. The highest BCUT2D eigenvalue weighted by atomic mass is 16.5. The summed E-state index contributed by atoms with van der Waals surface area (Å²) in [6.45, 7) is 2.87. The topological polar surface area (TPSA) is 75.7 Å². The average molecular weight is 380 g/mol. The van der Waals surface area contributed by atoms with E-state index >= 15 is 0 Å². The molecule has 0 bridgehead atoms. The van der Waals surface area contributed by atoms with Crippen LogP contribution in [0.5, 0.6) is 0 Å². The summed E-state index contributed by atoms with van der Waals surface area (Å²) >= 11 is 0. The summed E-state index contributed by atoms with van der Waals surface area (Å²) in [6.07, 6.45) is 1.41. The Labute approximate surface area is 164 Å². The van der Waals surface area contributed by atoms with E-state index in [0.29, 0.717) is 25.1 Å². The summed E-state index contributed by atoms with van der Waals surface area (Å²) < 4.78 is 5.08. The van der Waals surface area contributed by atoms with Crippen LogP contribution in [0.1, 0.15) is 41.6 Å². The van der Waals surface area contributed by atoms with E-state index in [1.165, 1.54) is 0 Å². The number of carbonyl (C=O) groups is 3. The fourth-order valence-corrected chi connectivity index (χ4v) is 3.13. The van der Waals surface area contributed by atoms with E-state index in [2.05, 4.69) is 5.32 Å². The van der Waals surface area contributed by atoms with Gasteiger partial charge >= 0.3 is 5.97 Å². The summed E-state index contributed by atoms with van der Waals surface area (Å²) in [7, 11) is 0. The van der Waals surface area contributed by atoms with E-state index in [1.807, 2.05) is 37.3 Å². The zero-order valence-corrected chi connectivity index (χ0v) is 15.9. The minimum absolute atomic E-state index is 0.0942. The number of nitrogens with zero attached hydrogens (tertiary/aromatic N) is 1. The highest BCUT2D eigenvalue weighted by Gasteiger charge is 2.22. The molecule has 2 amide bonds. The second kappa shape index (κ2) is 9.17. The molecule has 1 saturated heterocycles. The number of carbonyl (C=O) groups excluding carboxylic acids is 3. The van der Waals surface area contributed by atoms with Crippen molar-refractivity contribution in [1.82, 2.24) is 5.32 Å². The minimum Gasteiger partial charge on any atom is -0.452 e. The van der Waals surface area contributed by atoms with Crippen molar-refractivity contribution in [3.63, 3.8) is 0 Å². The number of amides is 2. The lowest BCUT2D eigenvalue weighted by molar-refractivity contribution is -0.124. The van der Waals surface area contributed by atoms with Crippen LogP contribution in [0, 0.1) is 0 Å². The van der Waals surface area contributed by atoms with Crippen LogP contribution in [0.25, 0.3) is 0 Å². The summed E-state index contributed by atoms with van der Waals surface area (Å²) in [5.74, 6) is -0.639. The molecule has 6 heteroatoms. The van der Waals surface area contributed by atoms with Crippen molar-refractivity contribution in [3.8, 4) is 0 Å². The molecule has 1 atom stereocenters. The van der Waals surface area contributed by atoms with Crippen LogP contribution in [0.2, 0.25) is 0 Å². The third-order valence-electron chi connectivity index (χ3n) is 4.80. The maximum absolute atomic E-state index is 12.1. The second-order valence-corrected chi connectivity index (χ2v) is 6.89. The van der Waals surface area contributed by atoms with E-state index in [0.717, 1.165) is 17.7 Å². The van der Waals surface area contributed by atoms with Crippen LogP contribution in [0.3, 0.4) is 0 Å². The Kier molecular flexibility index (Phi) is 6.42. The van der Waals surface area contributed by atoms with E-state index in [1.54, 1.807) is 29.2 Å². The zero-order chi connectivity index (χ0) is 19.9. The van der Waals surface area contributed by atoms with Gasteiger partial charge in [-0.1, -0.05) is 37.3 Å². The van der Waals surface area contributed by atoms with Gasteiger partial charge in [0, 0.05) is 25.2 Å². The first-order valence-corrected chi connectivity index (χ1v) is 9.44. The van der Waals surface area contributed by atoms with Crippen molar-refractivity contribution in [3.05, 3.63) is 65.7 Å². The number of hydrogen-bond acceptors (Lipinski definition) is 4. The Hall–Kier alpha value is -3.15. The van der Waals surface area contributed by atoms with Gasteiger partial charge in [-0.2, -0.15) is 0 Å². The zero-order valence-electron chi connectivity index (χ0n) is 15.9. The summed E-state index contributed by atoms with van der Waals surface area (Å²) in [6, 6.07) is 16.6. The number of benzene rings is 2. The van der Waals surface area contributed by atoms with Crippen LogP contribution in [-0.4, -0.2) is 37.5 Å². The Morgan fingerprint density at radius 1 is 1.11 bits per heavy atom. The maximum Gasteiger partial charge on any atom is 0.338 e. The third-order valence-corrected chi connectivity index (χ3v) is 4.80. The number of rotatable bonds is 7. The van der Waals surface area contributed by atoms with Crippen molar-refractivity contribution in [1.29, 1.82) is 0 Å². The van der Waals surface area contributed by atoms with Gasteiger partial charge in [0.25, 0.3) is 5.91 Å². The third kappa shape index (κ3) is 4.97. The molecular formula is C22H24N2O4. The number of anilines is 1. The van der Waals surface area contributed by atoms with E-state index < -0.39 is 5.97 Å².